The van der Waals surface area contributed by atoms with Crippen LogP contribution in [0.4, 0.5) is 0 Å². The lowest BCUT2D eigenvalue weighted by atomic mass is 9.99. The van der Waals surface area contributed by atoms with Gasteiger partial charge in [0.1, 0.15) is 13.2 Å². The van der Waals surface area contributed by atoms with Gasteiger partial charge in [-0.15, -0.1) is 0 Å². The van der Waals surface area contributed by atoms with Crippen LogP contribution in [-0.4, -0.2) is 37.2 Å². The molecule has 0 aliphatic heterocycles. The highest BCUT2D eigenvalue weighted by molar-refractivity contribution is 5.71. The van der Waals surface area contributed by atoms with Crippen LogP contribution >= 0.6 is 0 Å². The van der Waals surface area contributed by atoms with Crippen molar-refractivity contribution in [2.24, 2.45) is 17.8 Å². The Kier molecular flexibility index (Phi) is 46.2. The summed E-state index contributed by atoms with van der Waals surface area (Å²) in [6.07, 6.45) is 48.0. The van der Waals surface area contributed by atoms with E-state index < -0.39 is 6.10 Å². The largest absolute Gasteiger partial charge is 0.462 e. The van der Waals surface area contributed by atoms with Crippen molar-refractivity contribution in [3.8, 4) is 0 Å². The molecular weight excluding hydrogens is 769 g/mol. The van der Waals surface area contributed by atoms with Crippen molar-refractivity contribution < 1.29 is 28.6 Å². The SMILES string of the molecule is CCC(C)CCCCCCCCCCCCC(=O)O[C@H](COC(=O)CCCCCCCCCCCCCCCC(C)C)COC(=O)CCCCCCCCCCCCCC(C)C. The summed E-state index contributed by atoms with van der Waals surface area (Å²) in [6, 6.07) is 0. The minimum Gasteiger partial charge on any atom is -0.462 e. The van der Waals surface area contributed by atoms with E-state index in [9.17, 15) is 14.4 Å². The van der Waals surface area contributed by atoms with E-state index in [0.717, 1.165) is 75.5 Å². The zero-order chi connectivity index (χ0) is 45.6. The predicted molar refractivity (Wildman–Crippen MR) is 266 cm³/mol. The molecule has 0 aliphatic rings. The number of hydrogen-bond acceptors (Lipinski definition) is 6. The van der Waals surface area contributed by atoms with Crippen LogP contribution in [0.25, 0.3) is 0 Å². The number of carbonyl (C=O) groups excluding carboxylic acids is 3. The monoisotopic (exact) mass is 877 g/mol. The van der Waals surface area contributed by atoms with E-state index in [2.05, 4.69) is 41.5 Å². The molecule has 0 amide bonds. The number of unbranched alkanes of at least 4 members (excludes halogenated alkanes) is 31. The van der Waals surface area contributed by atoms with E-state index in [1.807, 2.05) is 0 Å². The van der Waals surface area contributed by atoms with Gasteiger partial charge in [0.2, 0.25) is 0 Å². The second-order valence-electron chi connectivity index (χ2n) is 20.4. The van der Waals surface area contributed by atoms with Gasteiger partial charge in [0.05, 0.1) is 0 Å². The number of hydrogen-bond donors (Lipinski definition) is 0. The van der Waals surface area contributed by atoms with Gasteiger partial charge in [0.25, 0.3) is 0 Å². The van der Waals surface area contributed by atoms with Gasteiger partial charge >= 0.3 is 17.9 Å². The summed E-state index contributed by atoms with van der Waals surface area (Å²) in [6.45, 7) is 13.8. The third-order valence-corrected chi connectivity index (χ3v) is 13.0. The fourth-order valence-electron chi connectivity index (χ4n) is 8.44. The third-order valence-electron chi connectivity index (χ3n) is 13.0. The van der Waals surface area contributed by atoms with Crippen LogP contribution < -0.4 is 0 Å². The van der Waals surface area contributed by atoms with Gasteiger partial charge in [-0.3, -0.25) is 14.4 Å². The molecule has 0 bridgehead atoms. The molecule has 0 heterocycles. The van der Waals surface area contributed by atoms with Crippen LogP contribution in [0.2, 0.25) is 0 Å². The third kappa shape index (κ3) is 47.9. The molecule has 0 spiro atoms. The summed E-state index contributed by atoms with van der Waals surface area (Å²) in [4.78, 5) is 38.1. The van der Waals surface area contributed by atoms with E-state index in [4.69, 9.17) is 14.2 Å². The van der Waals surface area contributed by atoms with E-state index in [1.165, 1.54) is 186 Å². The van der Waals surface area contributed by atoms with Crippen molar-refractivity contribution in [3.05, 3.63) is 0 Å². The number of ether oxygens (including phenoxy) is 3. The van der Waals surface area contributed by atoms with Crippen molar-refractivity contribution >= 4 is 17.9 Å². The molecule has 0 rings (SSSR count). The van der Waals surface area contributed by atoms with Gasteiger partial charge in [-0.25, -0.2) is 0 Å². The minimum absolute atomic E-state index is 0.0641. The van der Waals surface area contributed by atoms with Crippen molar-refractivity contribution in [2.45, 2.75) is 311 Å². The first-order valence-corrected chi connectivity index (χ1v) is 27.6. The lowest BCUT2D eigenvalue weighted by Crippen LogP contribution is -2.30. The maximum Gasteiger partial charge on any atom is 0.306 e. The lowest BCUT2D eigenvalue weighted by Gasteiger charge is -2.18. The molecule has 62 heavy (non-hydrogen) atoms. The summed E-state index contributed by atoms with van der Waals surface area (Å²) in [5, 5.41) is 0. The fourth-order valence-corrected chi connectivity index (χ4v) is 8.44. The topological polar surface area (TPSA) is 78.9 Å². The molecule has 368 valence electrons. The molecule has 0 radical (unpaired) electrons. The summed E-state index contributed by atoms with van der Waals surface area (Å²) in [7, 11) is 0. The lowest BCUT2D eigenvalue weighted by molar-refractivity contribution is -0.167. The van der Waals surface area contributed by atoms with Crippen LogP contribution in [0.3, 0.4) is 0 Å². The molecule has 0 aromatic heterocycles. The summed E-state index contributed by atoms with van der Waals surface area (Å²) in [5.41, 5.74) is 0. The molecular formula is C56H108O6. The molecule has 2 atom stereocenters. The van der Waals surface area contributed by atoms with Crippen molar-refractivity contribution in [1.82, 2.24) is 0 Å². The average Bonchev–Trinajstić information content (AvgIpc) is 3.24. The Morgan fingerprint density at radius 1 is 0.323 bits per heavy atom. The Balaban J connectivity index is 4.32. The van der Waals surface area contributed by atoms with Crippen LogP contribution in [0, 0.1) is 17.8 Å². The second-order valence-corrected chi connectivity index (χ2v) is 20.4. The zero-order valence-electron chi connectivity index (χ0n) is 42.7. The van der Waals surface area contributed by atoms with Crippen LogP contribution in [0.15, 0.2) is 0 Å². The van der Waals surface area contributed by atoms with E-state index in [0.29, 0.717) is 19.3 Å². The Labute approximate surface area is 387 Å². The highest BCUT2D eigenvalue weighted by atomic mass is 16.6. The molecule has 1 unspecified atom stereocenters. The molecule has 0 aliphatic carbocycles. The van der Waals surface area contributed by atoms with Gasteiger partial charge in [-0.05, 0) is 37.0 Å². The van der Waals surface area contributed by atoms with Crippen LogP contribution in [0.5, 0.6) is 0 Å². The fraction of sp³-hybridized carbons (Fsp3) is 0.946. The van der Waals surface area contributed by atoms with E-state index in [-0.39, 0.29) is 31.1 Å². The van der Waals surface area contributed by atoms with E-state index >= 15 is 0 Å². The summed E-state index contributed by atoms with van der Waals surface area (Å²) >= 11 is 0. The molecule has 0 saturated heterocycles. The smallest absolute Gasteiger partial charge is 0.306 e. The number of carbonyl (C=O) groups is 3. The number of esters is 3. The standard InChI is InChI=1S/C56H108O6/c1-7-52(6)44-38-32-26-20-16-17-23-29-35-41-47-56(59)62-53(49-61-55(58)46-40-34-28-22-15-11-13-19-25-31-37-43-51(4)5)48-60-54(57)45-39-33-27-21-14-10-8-9-12-18-24-30-36-42-50(2)3/h50-53H,7-49H2,1-6H3/t52?,53-/m1/s1. The molecule has 0 aromatic carbocycles. The zero-order valence-corrected chi connectivity index (χ0v) is 42.7. The molecule has 6 heteroatoms. The normalized spacial score (nSPS) is 12.6. The Morgan fingerprint density at radius 2 is 0.565 bits per heavy atom. The Hall–Kier alpha value is -1.59. The maximum absolute atomic E-state index is 12.8. The summed E-state index contributed by atoms with van der Waals surface area (Å²) in [5.74, 6) is 1.69. The van der Waals surface area contributed by atoms with Crippen molar-refractivity contribution in [2.75, 3.05) is 13.2 Å². The highest BCUT2D eigenvalue weighted by Gasteiger charge is 2.19. The molecule has 0 N–H and O–H groups in total. The van der Waals surface area contributed by atoms with Gasteiger partial charge in [0, 0.05) is 19.3 Å². The first-order chi connectivity index (χ1) is 30.1. The van der Waals surface area contributed by atoms with Gasteiger partial charge < -0.3 is 14.2 Å². The average molecular weight is 877 g/mol. The van der Waals surface area contributed by atoms with Gasteiger partial charge in [-0.1, -0.05) is 266 Å². The van der Waals surface area contributed by atoms with Crippen molar-refractivity contribution in [1.29, 1.82) is 0 Å². The molecule has 0 fully saturated rings. The maximum atomic E-state index is 12.8. The highest BCUT2D eigenvalue weighted by Crippen LogP contribution is 2.18. The first-order valence-electron chi connectivity index (χ1n) is 27.6. The molecule has 0 saturated carbocycles. The van der Waals surface area contributed by atoms with E-state index in [1.54, 1.807) is 0 Å². The minimum atomic E-state index is -0.763. The Bertz CT molecular complexity index is 962. The molecule has 0 aromatic rings. The van der Waals surface area contributed by atoms with Crippen LogP contribution in [0.1, 0.15) is 305 Å². The van der Waals surface area contributed by atoms with Gasteiger partial charge in [0.15, 0.2) is 6.10 Å². The Morgan fingerprint density at radius 3 is 0.839 bits per heavy atom. The van der Waals surface area contributed by atoms with Crippen molar-refractivity contribution in [3.63, 3.8) is 0 Å². The molecule has 6 nitrogen and oxygen atoms in total. The second kappa shape index (κ2) is 47.4. The van der Waals surface area contributed by atoms with Crippen LogP contribution in [-0.2, 0) is 28.6 Å². The summed E-state index contributed by atoms with van der Waals surface area (Å²) < 4.78 is 16.9. The quantitative estimate of drug-likeness (QED) is 0.0344. The van der Waals surface area contributed by atoms with Gasteiger partial charge in [-0.2, -0.15) is 0 Å². The number of rotatable bonds is 49. The first kappa shape index (κ1) is 60.4. The predicted octanol–water partition coefficient (Wildman–Crippen LogP) is 17.9.